The van der Waals surface area contributed by atoms with Gasteiger partial charge in [0.1, 0.15) is 12.4 Å². The summed E-state index contributed by atoms with van der Waals surface area (Å²) < 4.78 is 39.8. The maximum atomic E-state index is 12.5. The maximum Gasteiger partial charge on any atom is 0.240 e. The molecule has 0 saturated heterocycles. The minimum atomic E-state index is -3.73. The summed E-state index contributed by atoms with van der Waals surface area (Å²) in [6.07, 6.45) is 0. The number of hydrogen-bond acceptors (Lipinski definition) is 8. The van der Waals surface area contributed by atoms with Crippen molar-refractivity contribution in [3.05, 3.63) is 60.7 Å². The van der Waals surface area contributed by atoms with E-state index in [2.05, 4.69) is 25.3 Å². The number of methoxy groups -OCH3 is 1. The highest BCUT2D eigenvalue weighted by atomic mass is 32.2. The Bertz CT molecular complexity index is 1400. The van der Waals surface area contributed by atoms with Crippen molar-refractivity contribution in [3.63, 3.8) is 0 Å². The molecule has 0 aliphatic rings. The zero-order valence-electron chi connectivity index (χ0n) is 18.4. The first-order valence-electron chi connectivity index (χ1n) is 10.2. The number of benzene rings is 2. The zero-order valence-corrected chi connectivity index (χ0v) is 19.2. The summed E-state index contributed by atoms with van der Waals surface area (Å²) in [6.45, 7) is 1.47. The number of amides is 1. The molecule has 2 heterocycles. The number of nitrogens with one attached hydrogen (secondary N) is 2. The molecule has 34 heavy (non-hydrogen) atoms. The van der Waals surface area contributed by atoms with Crippen LogP contribution in [0.1, 0.15) is 6.92 Å². The van der Waals surface area contributed by atoms with Crippen molar-refractivity contribution in [2.45, 2.75) is 11.8 Å². The van der Waals surface area contributed by atoms with E-state index >= 15 is 0 Å². The molecule has 1 amide bonds. The van der Waals surface area contributed by atoms with Gasteiger partial charge in [-0.15, -0.1) is 15.3 Å². The molecule has 0 saturated carbocycles. The van der Waals surface area contributed by atoms with Crippen molar-refractivity contribution >= 4 is 27.3 Å². The molecule has 11 nitrogen and oxygen atoms in total. The van der Waals surface area contributed by atoms with Crippen LogP contribution >= 0.6 is 0 Å². The lowest BCUT2D eigenvalue weighted by molar-refractivity contribution is -0.114. The smallest absolute Gasteiger partial charge is 0.240 e. The van der Waals surface area contributed by atoms with Crippen LogP contribution in [0.3, 0.4) is 0 Å². The lowest BCUT2D eigenvalue weighted by Crippen LogP contribution is -2.28. The summed E-state index contributed by atoms with van der Waals surface area (Å²) in [4.78, 5) is 11.2. The van der Waals surface area contributed by atoms with Crippen LogP contribution in [-0.2, 0) is 14.8 Å². The quantitative estimate of drug-likeness (QED) is 0.346. The summed E-state index contributed by atoms with van der Waals surface area (Å²) in [5.41, 5.74) is 1.86. The summed E-state index contributed by atoms with van der Waals surface area (Å²) in [5.74, 6) is 1.31. The number of ether oxygens (including phenoxy) is 2. The highest BCUT2D eigenvalue weighted by molar-refractivity contribution is 7.89. The average Bonchev–Trinajstić information content (AvgIpc) is 3.25. The summed E-state index contributed by atoms with van der Waals surface area (Å²) in [6, 6.07) is 16.5. The van der Waals surface area contributed by atoms with Gasteiger partial charge >= 0.3 is 0 Å². The van der Waals surface area contributed by atoms with Gasteiger partial charge in [0.15, 0.2) is 11.5 Å². The molecule has 0 radical (unpaired) electrons. The van der Waals surface area contributed by atoms with E-state index in [4.69, 9.17) is 9.47 Å². The average molecular weight is 483 g/mol. The maximum absolute atomic E-state index is 12.5. The molecular formula is C22H22N6O5S. The highest BCUT2D eigenvalue weighted by Gasteiger charge is 2.14. The molecule has 0 bridgehead atoms. The lowest BCUT2D eigenvalue weighted by Gasteiger charge is -2.09. The molecule has 2 N–H and O–H groups in total. The summed E-state index contributed by atoms with van der Waals surface area (Å²) in [7, 11) is -2.14. The Morgan fingerprint density at radius 2 is 1.74 bits per heavy atom. The van der Waals surface area contributed by atoms with E-state index in [0.717, 1.165) is 11.3 Å². The summed E-state index contributed by atoms with van der Waals surface area (Å²) >= 11 is 0. The minimum Gasteiger partial charge on any atom is -0.497 e. The first-order chi connectivity index (χ1) is 16.4. The molecule has 4 rings (SSSR count). The molecule has 12 heteroatoms. The van der Waals surface area contributed by atoms with Crippen molar-refractivity contribution in [2.75, 3.05) is 25.6 Å². The Labute approximate surface area is 195 Å². The van der Waals surface area contributed by atoms with Gasteiger partial charge in [0, 0.05) is 30.8 Å². The van der Waals surface area contributed by atoms with Gasteiger partial charge < -0.3 is 14.8 Å². The van der Waals surface area contributed by atoms with E-state index < -0.39 is 10.0 Å². The largest absolute Gasteiger partial charge is 0.497 e. The van der Waals surface area contributed by atoms with Gasteiger partial charge in [0.2, 0.25) is 21.8 Å². The number of rotatable bonds is 9. The van der Waals surface area contributed by atoms with Gasteiger partial charge in [-0.05, 0) is 54.6 Å². The van der Waals surface area contributed by atoms with Crippen molar-refractivity contribution in [2.24, 2.45) is 0 Å². The Balaban J connectivity index is 1.38. The van der Waals surface area contributed by atoms with Gasteiger partial charge in [-0.2, -0.15) is 4.52 Å². The summed E-state index contributed by atoms with van der Waals surface area (Å²) in [5, 5.41) is 15.3. The first kappa shape index (κ1) is 23.1. The van der Waals surface area contributed by atoms with Gasteiger partial charge in [-0.1, -0.05) is 0 Å². The van der Waals surface area contributed by atoms with Gasteiger partial charge in [0.05, 0.1) is 12.0 Å². The molecule has 0 aliphatic carbocycles. The van der Waals surface area contributed by atoms with E-state index in [1.807, 2.05) is 24.3 Å². The number of hydrogen-bond donors (Lipinski definition) is 2. The predicted octanol–water partition coefficient (Wildman–Crippen LogP) is 2.12. The van der Waals surface area contributed by atoms with E-state index in [-0.39, 0.29) is 24.0 Å². The first-order valence-corrected chi connectivity index (χ1v) is 11.7. The van der Waals surface area contributed by atoms with Crippen molar-refractivity contribution in [1.82, 2.24) is 24.5 Å². The van der Waals surface area contributed by atoms with Crippen LogP contribution in [0.5, 0.6) is 11.6 Å². The lowest BCUT2D eigenvalue weighted by atomic mass is 10.2. The number of aromatic nitrogens is 4. The number of carbonyl (C=O) groups excluding carboxylic acids is 1. The molecule has 2 aromatic carbocycles. The third-order valence-corrected chi connectivity index (χ3v) is 6.19. The zero-order chi connectivity index (χ0) is 24.1. The fourth-order valence-electron chi connectivity index (χ4n) is 3.10. The topological polar surface area (TPSA) is 137 Å². The number of sulfonamides is 1. The van der Waals surface area contributed by atoms with E-state index in [1.54, 1.807) is 23.8 Å². The highest BCUT2D eigenvalue weighted by Crippen LogP contribution is 2.22. The molecule has 0 atom stereocenters. The number of nitrogens with zero attached hydrogens (tertiary/aromatic N) is 4. The Morgan fingerprint density at radius 1 is 1.00 bits per heavy atom. The van der Waals surface area contributed by atoms with Gasteiger partial charge in [0.25, 0.3) is 0 Å². The van der Waals surface area contributed by atoms with Crippen LogP contribution in [-0.4, -0.2) is 54.4 Å². The van der Waals surface area contributed by atoms with E-state index in [9.17, 15) is 13.2 Å². The van der Waals surface area contributed by atoms with Crippen LogP contribution < -0.4 is 19.5 Å². The molecule has 0 fully saturated rings. The minimum absolute atomic E-state index is 0.0308. The van der Waals surface area contributed by atoms with E-state index in [1.165, 1.54) is 31.2 Å². The molecule has 0 unspecified atom stereocenters. The second kappa shape index (κ2) is 9.85. The fraction of sp³-hybridized carbons (Fsp3) is 0.182. The Kier molecular flexibility index (Phi) is 6.70. The van der Waals surface area contributed by atoms with Crippen LogP contribution in [0.25, 0.3) is 17.0 Å². The van der Waals surface area contributed by atoms with Gasteiger partial charge in [-0.25, -0.2) is 13.1 Å². The third kappa shape index (κ3) is 5.30. The van der Waals surface area contributed by atoms with Crippen LogP contribution in [0.15, 0.2) is 65.6 Å². The monoisotopic (exact) mass is 482 g/mol. The standard InChI is InChI=1S/C22H22N6O5S/c1-15(29)24-17-5-9-19(10-6-17)34(30,31)23-13-14-33-21-12-11-20-25-26-22(28(20)27-21)16-3-7-18(32-2)8-4-16/h3-12,23H,13-14H2,1-2H3,(H,24,29). The molecular weight excluding hydrogens is 460 g/mol. The number of fused-ring (bicyclic) bond motifs is 1. The second-order valence-corrected chi connectivity index (χ2v) is 8.91. The van der Waals surface area contributed by atoms with Crippen LogP contribution in [0, 0.1) is 0 Å². The molecule has 2 aromatic heterocycles. The van der Waals surface area contributed by atoms with Crippen molar-refractivity contribution in [3.8, 4) is 23.0 Å². The second-order valence-electron chi connectivity index (χ2n) is 7.15. The normalized spacial score (nSPS) is 11.4. The number of carbonyl (C=O) groups is 1. The van der Waals surface area contributed by atoms with Gasteiger partial charge in [-0.3, -0.25) is 4.79 Å². The third-order valence-electron chi connectivity index (χ3n) is 4.72. The fourth-order valence-corrected chi connectivity index (χ4v) is 4.12. The molecule has 0 aliphatic heterocycles. The molecule has 0 spiro atoms. The van der Waals surface area contributed by atoms with E-state index in [0.29, 0.717) is 23.0 Å². The Hall–Kier alpha value is -4.03. The van der Waals surface area contributed by atoms with Crippen LogP contribution in [0.4, 0.5) is 5.69 Å². The number of anilines is 1. The van der Waals surface area contributed by atoms with Crippen molar-refractivity contribution in [1.29, 1.82) is 0 Å². The SMILES string of the molecule is COc1ccc(-c2nnc3ccc(OCCNS(=O)(=O)c4ccc(NC(C)=O)cc4)nn23)cc1. The predicted molar refractivity (Wildman–Crippen MR) is 124 cm³/mol. The molecule has 4 aromatic rings. The Morgan fingerprint density at radius 3 is 2.41 bits per heavy atom. The van der Waals surface area contributed by atoms with Crippen LogP contribution in [0.2, 0.25) is 0 Å². The molecule has 176 valence electrons. The van der Waals surface area contributed by atoms with Crippen molar-refractivity contribution < 1.29 is 22.7 Å².